The average Bonchev–Trinajstić information content (AvgIpc) is 2.90. The highest BCUT2D eigenvalue weighted by molar-refractivity contribution is 5.94. The van der Waals surface area contributed by atoms with Crippen LogP contribution in [0.25, 0.3) is 0 Å². The van der Waals surface area contributed by atoms with Gasteiger partial charge in [0.1, 0.15) is 5.82 Å². The van der Waals surface area contributed by atoms with Gasteiger partial charge in [0, 0.05) is 36.7 Å². The first kappa shape index (κ1) is 13.9. The second-order valence-electron chi connectivity index (χ2n) is 6.68. The number of hydrogen-bond acceptors (Lipinski definition) is 3. The number of aryl methyl sites for hydroxylation is 2. The number of hydrogen-bond donors (Lipinski definition) is 1. The average molecular weight is 287 g/mol. The Labute approximate surface area is 124 Å². The molecule has 1 N–H and O–H groups in total. The summed E-state index contributed by atoms with van der Waals surface area (Å²) in [5, 5.41) is 11.9. The topological polar surface area (TPSA) is 64.7 Å². The number of carbonyl (C=O) groups is 1. The third-order valence-corrected chi connectivity index (χ3v) is 3.88. The second-order valence-corrected chi connectivity index (χ2v) is 6.68. The standard InChI is InChI=1S/C15H21N5O/c1-9-12(8-19(5)18-9)10-6-13(21)17-14-11(10)7-16-20(14)15(2,3)4/h7-8,10H,6H2,1-5H3,(H,17,21)/t10-/m0/s1. The van der Waals surface area contributed by atoms with E-state index in [-0.39, 0.29) is 17.4 Å². The van der Waals surface area contributed by atoms with Crippen molar-refractivity contribution in [2.75, 3.05) is 5.32 Å². The van der Waals surface area contributed by atoms with Crippen molar-refractivity contribution < 1.29 is 4.79 Å². The molecule has 112 valence electrons. The molecule has 2 aromatic heterocycles. The summed E-state index contributed by atoms with van der Waals surface area (Å²) in [5.74, 6) is 0.868. The number of carbonyl (C=O) groups excluding carboxylic acids is 1. The van der Waals surface area contributed by atoms with Crippen molar-refractivity contribution in [1.29, 1.82) is 0 Å². The van der Waals surface area contributed by atoms with Crippen LogP contribution < -0.4 is 5.32 Å². The van der Waals surface area contributed by atoms with E-state index in [1.54, 1.807) is 4.68 Å². The van der Waals surface area contributed by atoms with E-state index in [9.17, 15) is 4.79 Å². The number of nitrogens with zero attached hydrogens (tertiary/aromatic N) is 4. The van der Waals surface area contributed by atoms with Crippen LogP contribution in [0.15, 0.2) is 12.4 Å². The fourth-order valence-corrected chi connectivity index (χ4v) is 2.97. The summed E-state index contributed by atoms with van der Waals surface area (Å²) in [5.41, 5.74) is 2.96. The fourth-order valence-electron chi connectivity index (χ4n) is 2.97. The van der Waals surface area contributed by atoms with Crippen LogP contribution in [0, 0.1) is 6.92 Å². The van der Waals surface area contributed by atoms with E-state index in [1.807, 2.05) is 31.0 Å². The highest BCUT2D eigenvalue weighted by Crippen LogP contribution is 2.39. The maximum absolute atomic E-state index is 12.1. The van der Waals surface area contributed by atoms with Gasteiger partial charge in [-0.3, -0.25) is 9.48 Å². The lowest BCUT2D eigenvalue weighted by atomic mass is 9.87. The summed E-state index contributed by atoms with van der Waals surface area (Å²) >= 11 is 0. The van der Waals surface area contributed by atoms with Gasteiger partial charge in [-0.2, -0.15) is 10.2 Å². The van der Waals surface area contributed by atoms with Crippen molar-refractivity contribution in [3.8, 4) is 0 Å². The van der Waals surface area contributed by atoms with Gasteiger partial charge in [0.2, 0.25) is 5.91 Å². The zero-order chi connectivity index (χ0) is 15.4. The Morgan fingerprint density at radius 3 is 2.62 bits per heavy atom. The molecule has 3 rings (SSSR count). The number of anilines is 1. The van der Waals surface area contributed by atoms with E-state index in [4.69, 9.17) is 0 Å². The molecule has 2 aromatic rings. The minimum Gasteiger partial charge on any atom is -0.311 e. The fraction of sp³-hybridized carbons (Fsp3) is 0.533. The molecule has 3 heterocycles. The predicted octanol–water partition coefficient (Wildman–Crippen LogP) is 2.15. The third kappa shape index (κ3) is 2.24. The molecule has 1 amide bonds. The van der Waals surface area contributed by atoms with Crippen LogP contribution in [-0.2, 0) is 17.4 Å². The summed E-state index contributed by atoms with van der Waals surface area (Å²) < 4.78 is 3.68. The van der Waals surface area contributed by atoms with E-state index in [0.717, 1.165) is 22.6 Å². The van der Waals surface area contributed by atoms with Crippen molar-refractivity contribution >= 4 is 11.7 Å². The van der Waals surface area contributed by atoms with Gasteiger partial charge in [-0.1, -0.05) is 0 Å². The predicted molar refractivity (Wildman–Crippen MR) is 80.3 cm³/mol. The minimum atomic E-state index is -0.174. The number of nitrogens with one attached hydrogen (secondary N) is 1. The highest BCUT2D eigenvalue weighted by Gasteiger charge is 2.33. The Bertz CT molecular complexity index is 704. The van der Waals surface area contributed by atoms with E-state index < -0.39 is 0 Å². The van der Waals surface area contributed by atoms with Gasteiger partial charge in [0.15, 0.2) is 0 Å². The first-order valence-electron chi connectivity index (χ1n) is 7.16. The maximum Gasteiger partial charge on any atom is 0.226 e. The molecule has 6 nitrogen and oxygen atoms in total. The lowest BCUT2D eigenvalue weighted by molar-refractivity contribution is -0.116. The number of aromatic nitrogens is 4. The molecule has 0 unspecified atom stereocenters. The summed E-state index contributed by atoms with van der Waals surface area (Å²) in [6.07, 6.45) is 4.31. The Hall–Kier alpha value is -2.11. The first-order valence-corrected chi connectivity index (χ1v) is 7.16. The van der Waals surface area contributed by atoms with Crippen molar-refractivity contribution in [2.24, 2.45) is 7.05 Å². The normalized spacial score (nSPS) is 18.5. The van der Waals surface area contributed by atoms with Crippen LogP contribution >= 0.6 is 0 Å². The van der Waals surface area contributed by atoms with Crippen molar-refractivity contribution in [2.45, 2.75) is 45.6 Å². The molecule has 21 heavy (non-hydrogen) atoms. The van der Waals surface area contributed by atoms with E-state index in [0.29, 0.717) is 6.42 Å². The Kier molecular flexibility index (Phi) is 2.93. The molecule has 6 heteroatoms. The smallest absolute Gasteiger partial charge is 0.226 e. The SMILES string of the molecule is Cc1nn(C)cc1[C@H]1CC(=O)Nc2c1cnn2C(C)(C)C. The molecule has 0 bridgehead atoms. The maximum atomic E-state index is 12.1. The third-order valence-electron chi connectivity index (χ3n) is 3.88. The van der Waals surface area contributed by atoms with E-state index in [1.165, 1.54) is 0 Å². The molecule has 1 aliphatic rings. The molecule has 0 fully saturated rings. The van der Waals surface area contributed by atoms with Crippen molar-refractivity contribution in [3.05, 3.63) is 29.2 Å². The van der Waals surface area contributed by atoms with Crippen molar-refractivity contribution in [3.63, 3.8) is 0 Å². The number of amides is 1. The molecule has 0 saturated heterocycles. The van der Waals surface area contributed by atoms with Crippen LogP contribution in [-0.4, -0.2) is 25.5 Å². The molecule has 0 aliphatic carbocycles. The minimum absolute atomic E-state index is 0.0264. The lowest BCUT2D eigenvalue weighted by Crippen LogP contribution is -2.30. The van der Waals surface area contributed by atoms with Gasteiger partial charge in [0.05, 0.1) is 17.4 Å². The Balaban J connectivity index is 2.13. The second kappa shape index (κ2) is 4.44. The molecule has 1 atom stereocenters. The quantitative estimate of drug-likeness (QED) is 0.874. The highest BCUT2D eigenvalue weighted by atomic mass is 16.1. The molecular formula is C15H21N5O. The molecule has 0 aromatic carbocycles. The molecular weight excluding hydrogens is 266 g/mol. The van der Waals surface area contributed by atoms with Gasteiger partial charge < -0.3 is 5.32 Å². The zero-order valence-corrected chi connectivity index (χ0v) is 13.1. The molecule has 0 radical (unpaired) electrons. The number of fused-ring (bicyclic) bond motifs is 1. The van der Waals surface area contributed by atoms with Crippen LogP contribution in [0.1, 0.15) is 49.9 Å². The van der Waals surface area contributed by atoms with Crippen LogP contribution in [0.5, 0.6) is 0 Å². The molecule has 1 aliphatic heterocycles. The monoisotopic (exact) mass is 287 g/mol. The van der Waals surface area contributed by atoms with Crippen LogP contribution in [0.2, 0.25) is 0 Å². The number of rotatable bonds is 1. The molecule has 0 spiro atoms. The van der Waals surface area contributed by atoms with E-state index >= 15 is 0 Å². The zero-order valence-electron chi connectivity index (χ0n) is 13.1. The Morgan fingerprint density at radius 1 is 1.33 bits per heavy atom. The summed E-state index contributed by atoms with van der Waals surface area (Å²) in [4.78, 5) is 12.1. The van der Waals surface area contributed by atoms with E-state index in [2.05, 4.69) is 36.3 Å². The van der Waals surface area contributed by atoms with Crippen LogP contribution in [0.3, 0.4) is 0 Å². The summed E-state index contributed by atoms with van der Waals surface area (Å²) in [6.45, 7) is 8.21. The van der Waals surface area contributed by atoms with Crippen molar-refractivity contribution in [1.82, 2.24) is 19.6 Å². The van der Waals surface area contributed by atoms with Gasteiger partial charge in [-0.25, -0.2) is 4.68 Å². The lowest BCUT2D eigenvalue weighted by Gasteiger charge is -2.27. The Morgan fingerprint density at radius 2 is 2.05 bits per heavy atom. The van der Waals surface area contributed by atoms with Crippen LogP contribution in [0.4, 0.5) is 5.82 Å². The van der Waals surface area contributed by atoms with Gasteiger partial charge >= 0.3 is 0 Å². The van der Waals surface area contributed by atoms with Gasteiger partial charge in [-0.05, 0) is 27.7 Å². The summed E-state index contributed by atoms with van der Waals surface area (Å²) in [7, 11) is 1.90. The largest absolute Gasteiger partial charge is 0.311 e. The summed E-state index contributed by atoms with van der Waals surface area (Å²) in [6, 6.07) is 0. The van der Waals surface area contributed by atoms with Gasteiger partial charge in [-0.15, -0.1) is 0 Å². The first-order chi connectivity index (χ1) is 9.77. The molecule has 0 saturated carbocycles. The van der Waals surface area contributed by atoms with Gasteiger partial charge in [0.25, 0.3) is 0 Å².